The van der Waals surface area contributed by atoms with E-state index in [1.54, 1.807) is 10.6 Å². The molecule has 0 radical (unpaired) electrons. The van der Waals surface area contributed by atoms with Crippen LogP contribution in [0.25, 0.3) is 10.9 Å². The molecule has 0 aliphatic carbocycles. The molecule has 30 heavy (non-hydrogen) atoms. The Morgan fingerprint density at radius 3 is 2.47 bits per heavy atom. The monoisotopic (exact) mass is 427 g/mol. The highest BCUT2D eigenvalue weighted by atomic mass is 32.1. The van der Waals surface area contributed by atoms with Crippen LogP contribution in [-0.2, 0) is 4.79 Å². The number of aryl methyl sites for hydroxylation is 1. The van der Waals surface area contributed by atoms with Gasteiger partial charge < -0.3 is 14.4 Å². The molecule has 1 N–H and O–H groups in total. The van der Waals surface area contributed by atoms with Crippen molar-refractivity contribution in [2.45, 2.75) is 46.0 Å². The summed E-state index contributed by atoms with van der Waals surface area (Å²) < 4.78 is 21.6. The number of carboxylic acids is 1. The Balaban J connectivity index is 2.30. The standard InChI is InChI=1S/C24H26FNO3S/c1-5-6-7-17(24(27)28)22-15(3)26(23(30)16-10-8-14(2)9-11-16)20-13-19(25)21(29-4)12-18(20)22/h8-13,17H,5-7H2,1-4H3,(H,27,28). The number of methoxy groups -OCH3 is 1. The summed E-state index contributed by atoms with van der Waals surface area (Å²) in [5.41, 5.74) is 3.86. The lowest BCUT2D eigenvalue weighted by molar-refractivity contribution is -0.139. The molecule has 4 nitrogen and oxygen atoms in total. The summed E-state index contributed by atoms with van der Waals surface area (Å²) in [7, 11) is 1.40. The lowest BCUT2D eigenvalue weighted by Gasteiger charge is -2.14. The molecule has 0 bridgehead atoms. The predicted molar refractivity (Wildman–Crippen MR) is 121 cm³/mol. The number of hydrogen-bond donors (Lipinski definition) is 1. The number of thiocarbonyl (C=S) groups is 1. The molecule has 3 rings (SSSR count). The maximum absolute atomic E-state index is 14.6. The summed E-state index contributed by atoms with van der Waals surface area (Å²) >= 11 is 5.76. The first-order valence-electron chi connectivity index (χ1n) is 10.0. The van der Waals surface area contributed by atoms with Gasteiger partial charge in [-0.2, -0.15) is 0 Å². The lowest BCUT2D eigenvalue weighted by atomic mass is 9.91. The van der Waals surface area contributed by atoms with Gasteiger partial charge in [0, 0.05) is 22.7 Å². The fraction of sp³-hybridized carbons (Fsp3) is 0.333. The van der Waals surface area contributed by atoms with E-state index in [1.807, 2.05) is 45.0 Å². The summed E-state index contributed by atoms with van der Waals surface area (Å²) in [6.45, 7) is 5.87. The SMILES string of the molecule is CCCCC(C(=O)O)c1c(C)n(C(=S)c2ccc(C)cc2)c2cc(F)c(OC)cc12. The number of aromatic nitrogens is 1. The molecule has 3 aromatic rings. The average Bonchev–Trinajstić information content (AvgIpc) is 2.98. The quantitative estimate of drug-likeness (QED) is 0.471. The van der Waals surface area contributed by atoms with E-state index < -0.39 is 17.7 Å². The third kappa shape index (κ3) is 3.97. The zero-order chi connectivity index (χ0) is 22.0. The van der Waals surface area contributed by atoms with Gasteiger partial charge in [-0.3, -0.25) is 4.79 Å². The van der Waals surface area contributed by atoms with E-state index in [-0.39, 0.29) is 5.75 Å². The molecule has 0 spiro atoms. The fourth-order valence-electron chi connectivity index (χ4n) is 3.92. The third-order valence-corrected chi connectivity index (χ3v) is 5.94. The Bertz CT molecular complexity index is 1100. The van der Waals surface area contributed by atoms with E-state index in [0.717, 1.165) is 24.0 Å². The molecular formula is C24H26FNO3S. The second-order valence-corrected chi connectivity index (χ2v) is 7.93. The highest BCUT2D eigenvalue weighted by Gasteiger charge is 2.29. The van der Waals surface area contributed by atoms with Crippen molar-refractivity contribution in [2.75, 3.05) is 7.11 Å². The number of unbranched alkanes of at least 4 members (excludes halogenated alkanes) is 1. The van der Waals surface area contributed by atoms with Gasteiger partial charge in [0.15, 0.2) is 11.6 Å². The third-order valence-electron chi connectivity index (χ3n) is 5.52. The number of ether oxygens (including phenoxy) is 1. The Kier molecular flexibility index (Phi) is 6.56. The zero-order valence-corrected chi connectivity index (χ0v) is 18.5. The summed E-state index contributed by atoms with van der Waals surface area (Å²) in [5.74, 6) is -2.02. The summed E-state index contributed by atoms with van der Waals surface area (Å²) in [4.78, 5) is 12.7. The Morgan fingerprint density at radius 1 is 1.23 bits per heavy atom. The van der Waals surface area contributed by atoms with Crippen molar-refractivity contribution >= 4 is 34.1 Å². The van der Waals surface area contributed by atoms with Crippen molar-refractivity contribution in [3.63, 3.8) is 0 Å². The van der Waals surface area contributed by atoms with Crippen molar-refractivity contribution in [1.82, 2.24) is 4.57 Å². The predicted octanol–water partition coefficient (Wildman–Crippen LogP) is 5.99. The summed E-state index contributed by atoms with van der Waals surface area (Å²) in [6.07, 6.45) is 2.17. The van der Waals surface area contributed by atoms with Crippen LogP contribution < -0.4 is 4.74 Å². The van der Waals surface area contributed by atoms with Crippen molar-refractivity contribution in [2.24, 2.45) is 0 Å². The highest BCUT2D eigenvalue weighted by molar-refractivity contribution is 7.80. The Hall–Kier alpha value is -2.73. The van der Waals surface area contributed by atoms with Crippen molar-refractivity contribution < 1.29 is 19.0 Å². The molecule has 1 heterocycles. The van der Waals surface area contributed by atoms with Crippen LogP contribution in [0.4, 0.5) is 4.39 Å². The number of carbonyl (C=O) groups is 1. The van der Waals surface area contributed by atoms with Crippen LogP contribution in [0, 0.1) is 19.7 Å². The number of hydrogen-bond acceptors (Lipinski definition) is 3. The van der Waals surface area contributed by atoms with Crippen LogP contribution in [0.2, 0.25) is 0 Å². The minimum atomic E-state index is -0.893. The first-order chi connectivity index (χ1) is 14.3. The second-order valence-electron chi connectivity index (χ2n) is 7.54. The summed E-state index contributed by atoms with van der Waals surface area (Å²) in [5, 5.41) is 10.6. The molecule has 0 aliphatic rings. The molecule has 0 amide bonds. The van der Waals surface area contributed by atoms with Crippen LogP contribution in [0.3, 0.4) is 0 Å². The van der Waals surface area contributed by atoms with Gasteiger partial charge in [0.2, 0.25) is 0 Å². The topological polar surface area (TPSA) is 51.5 Å². The van der Waals surface area contributed by atoms with Crippen molar-refractivity contribution in [3.05, 3.63) is 64.6 Å². The van der Waals surface area contributed by atoms with Crippen LogP contribution in [-0.4, -0.2) is 27.7 Å². The molecule has 1 atom stereocenters. The van der Waals surface area contributed by atoms with Crippen molar-refractivity contribution in [1.29, 1.82) is 0 Å². The van der Waals surface area contributed by atoms with E-state index in [1.165, 1.54) is 13.2 Å². The fourth-order valence-corrected chi connectivity index (χ4v) is 4.29. The maximum atomic E-state index is 14.6. The minimum Gasteiger partial charge on any atom is -0.494 e. The Labute approximate surface area is 181 Å². The van der Waals surface area contributed by atoms with E-state index in [9.17, 15) is 14.3 Å². The first kappa shape index (κ1) is 22.0. The number of nitrogens with zero attached hydrogens (tertiary/aromatic N) is 1. The Morgan fingerprint density at radius 2 is 1.90 bits per heavy atom. The molecule has 0 saturated carbocycles. The number of aliphatic carboxylic acids is 1. The highest BCUT2D eigenvalue weighted by Crippen LogP contribution is 2.38. The van der Waals surface area contributed by atoms with E-state index in [2.05, 4.69) is 0 Å². The second kappa shape index (κ2) is 8.96. The lowest BCUT2D eigenvalue weighted by Crippen LogP contribution is -2.16. The molecule has 0 fully saturated rings. The maximum Gasteiger partial charge on any atom is 0.311 e. The molecule has 1 unspecified atom stereocenters. The number of halogens is 1. The molecule has 0 saturated heterocycles. The van der Waals surface area contributed by atoms with E-state index in [4.69, 9.17) is 17.0 Å². The van der Waals surface area contributed by atoms with E-state index >= 15 is 0 Å². The largest absolute Gasteiger partial charge is 0.494 e. The van der Waals surface area contributed by atoms with Gasteiger partial charge in [-0.15, -0.1) is 0 Å². The molecule has 6 heteroatoms. The van der Waals surface area contributed by atoms with Crippen molar-refractivity contribution in [3.8, 4) is 5.75 Å². The number of rotatable bonds is 7. The van der Waals surface area contributed by atoms with Gasteiger partial charge in [0.1, 0.15) is 4.99 Å². The van der Waals surface area contributed by atoms with Crippen LogP contribution in [0.1, 0.15) is 54.5 Å². The van der Waals surface area contributed by atoms with E-state index in [0.29, 0.717) is 33.6 Å². The number of benzene rings is 2. The smallest absolute Gasteiger partial charge is 0.311 e. The zero-order valence-electron chi connectivity index (χ0n) is 17.7. The molecular weight excluding hydrogens is 401 g/mol. The van der Waals surface area contributed by atoms with Crippen LogP contribution in [0.5, 0.6) is 5.75 Å². The van der Waals surface area contributed by atoms with Crippen LogP contribution in [0.15, 0.2) is 36.4 Å². The van der Waals surface area contributed by atoms with Gasteiger partial charge >= 0.3 is 5.97 Å². The first-order valence-corrected chi connectivity index (χ1v) is 10.4. The summed E-state index contributed by atoms with van der Waals surface area (Å²) in [6, 6.07) is 10.7. The number of fused-ring (bicyclic) bond motifs is 1. The van der Waals surface area contributed by atoms with Gasteiger partial charge in [0.05, 0.1) is 18.5 Å². The normalized spacial score (nSPS) is 12.2. The number of carboxylic acid groups (broad SMARTS) is 1. The molecule has 158 valence electrons. The minimum absolute atomic E-state index is 0.0850. The van der Waals surface area contributed by atoms with Crippen LogP contribution >= 0.6 is 12.2 Å². The molecule has 0 aliphatic heterocycles. The average molecular weight is 428 g/mol. The molecule has 2 aromatic carbocycles. The van der Waals surface area contributed by atoms with Gasteiger partial charge in [0.25, 0.3) is 0 Å². The van der Waals surface area contributed by atoms with Gasteiger partial charge in [-0.1, -0.05) is 61.8 Å². The van der Waals surface area contributed by atoms with Gasteiger partial charge in [-0.25, -0.2) is 4.39 Å². The molecule has 1 aromatic heterocycles. The van der Waals surface area contributed by atoms with Gasteiger partial charge in [-0.05, 0) is 31.9 Å².